The Morgan fingerprint density at radius 2 is 1.86 bits per heavy atom. The van der Waals surface area contributed by atoms with Crippen LogP contribution in [0.15, 0.2) is 30.3 Å². The molecule has 1 N–H and O–H groups in total. The third kappa shape index (κ3) is 3.35. The second-order valence-electron chi connectivity index (χ2n) is 6.18. The highest BCUT2D eigenvalue weighted by Gasteiger charge is 2.24. The van der Waals surface area contributed by atoms with Crippen LogP contribution in [0, 0.1) is 5.92 Å². The molecule has 1 aromatic heterocycles. The quantitative estimate of drug-likeness (QED) is 0.875. The van der Waals surface area contributed by atoms with Gasteiger partial charge in [0, 0.05) is 12.5 Å². The van der Waals surface area contributed by atoms with Gasteiger partial charge in [-0.3, -0.25) is 0 Å². The van der Waals surface area contributed by atoms with E-state index in [-0.39, 0.29) is 0 Å². The van der Waals surface area contributed by atoms with E-state index in [4.69, 9.17) is 4.98 Å². The molecule has 0 spiro atoms. The zero-order valence-electron chi connectivity index (χ0n) is 12.9. The third-order valence-electron chi connectivity index (χ3n) is 4.46. The molecule has 1 aliphatic carbocycles. The van der Waals surface area contributed by atoms with E-state index in [1.807, 2.05) is 18.4 Å². The van der Waals surface area contributed by atoms with Crippen LogP contribution in [0.2, 0.25) is 0 Å². The number of hydrogen-bond acceptors (Lipinski definition) is 3. The average molecular weight is 300 g/mol. The first-order valence-electron chi connectivity index (χ1n) is 7.97. The minimum atomic E-state index is 0.680. The number of thiazole rings is 1. The van der Waals surface area contributed by atoms with Gasteiger partial charge in [-0.25, -0.2) is 4.98 Å². The highest BCUT2D eigenvalue weighted by atomic mass is 32.1. The molecule has 1 aromatic carbocycles. The minimum Gasteiger partial charge on any atom is -0.314 e. The van der Waals surface area contributed by atoms with Crippen molar-refractivity contribution < 1.29 is 0 Å². The molecule has 3 heteroatoms. The van der Waals surface area contributed by atoms with Gasteiger partial charge in [0.1, 0.15) is 0 Å². The molecule has 0 radical (unpaired) electrons. The Labute approximate surface area is 131 Å². The lowest BCUT2D eigenvalue weighted by molar-refractivity contribution is 0.347. The summed E-state index contributed by atoms with van der Waals surface area (Å²) < 4.78 is 0. The van der Waals surface area contributed by atoms with Crippen LogP contribution < -0.4 is 5.32 Å². The van der Waals surface area contributed by atoms with Crippen molar-refractivity contribution in [2.24, 2.45) is 5.92 Å². The van der Waals surface area contributed by atoms with Crippen molar-refractivity contribution >= 4 is 11.3 Å². The third-order valence-corrected chi connectivity index (χ3v) is 5.77. The summed E-state index contributed by atoms with van der Waals surface area (Å²) in [5.74, 6) is 1.57. The molecule has 21 heavy (non-hydrogen) atoms. The van der Waals surface area contributed by atoms with Crippen LogP contribution in [0.1, 0.15) is 49.2 Å². The van der Waals surface area contributed by atoms with E-state index in [1.54, 1.807) is 0 Å². The Kier molecular flexibility index (Phi) is 4.71. The van der Waals surface area contributed by atoms with Crippen LogP contribution >= 0.6 is 11.3 Å². The van der Waals surface area contributed by atoms with Crippen LogP contribution in [0.25, 0.3) is 10.4 Å². The maximum absolute atomic E-state index is 4.98. The van der Waals surface area contributed by atoms with Gasteiger partial charge in [-0.05, 0) is 31.4 Å². The van der Waals surface area contributed by atoms with E-state index in [0.717, 1.165) is 12.5 Å². The van der Waals surface area contributed by atoms with Gasteiger partial charge in [-0.2, -0.15) is 0 Å². The molecule has 0 saturated heterocycles. The summed E-state index contributed by atoms with van der Waals surface area (Å²) in [6.07, 6.45) is 5.32. The number of hydrogen-bond donors (Lipinski definition) is 1. The first-order chi connectivity index (χ1) is 10.3. The van der Waals surface area contributed by atoms with Crippen LogP contribution in [0.4, 0.5) is 0 Å². The van der Waals surface area contributed by atoms with Crippen LogP contribution in [-0.4, -0.2) is 12.0 Å². The second-order valence-corrected chi connectivity index (χ2v) is 7.21. The summed E-state index contributed by atoms with van der Waals surface area (Å²) in [5.41, 5.74) is 2.51. The Hall–Kier alpha value is -1.19. The molecule has 1 aliphatic rings. The molecule has 0 amide bonds. The SMILES string of the molecule is CNCc1nc(C2CCC(C)CC2)sc1-c1ccccc1. The van der Waals surface area contributed by atoms with Gasteiger partial charge >= 0.3 is 0 Å². The van der Waals surface area contributed by atoms with Crippen molar-refractivity contribution in [2.75, 3.05) is 7.05 Å². The molecule has 0 bridgehead atoms. The predicted octanol–water partition coefficient (Wildman–Crippen LogP) is 4.82. The lowest BCUT2D eigenvalue weighted by Gasteiger charge is -2.24. The summed E-state index contributed by atoms with van der Waals surface area (Å²) in [7, 11) is 2.00. The molecule has 0 atom stereocenters. The molecule has 2 nitrogen and oxygen atoms in total. The first-order valence-corrected chi connectivity index (χ1v) is 8.79. The van der Waals surface area contributed by atoms with Gasteiger partial charge in [0.05, 0.1) is 15.6 Å². The van der Waals surface area contributed by atoms with Crippen LogP contribution in [0.3, 0.4) is 0 Å². The summed E-state index contributed by atoms with van der Waals surface area (Å²) in [4.78, 5) is 6.33. The summed E-state index contributed by atoms with van der Waals surface area (Å²) in [6, 6.07) is 10.7. The van der Waals surface area contributed by atoms with Crippen molar-refractivity contribution in [1.82, 2.24) is 10.3 Å². The largest absolute Gasteiger partial charge is 0.314 e. The van der Waals surface area contributed by atoms with Crippen molar-refractivity contribution in [1.29, 1.82) is 0 Å². The van der Waals surface area contributed by atoms with Gasteiger partial charge in [-0.15, -0.1) is 11.3 Å². The number of rotatable bonds is 4. The van der Waals surface area contributed by atoms with E-state index in [2.05, 4.69) is 42.6 Å². The van der Waals surface area contributed by atoms with Crippen LogP contribution in [0.5, 0.6) is 0 Å². The zero-order valence-corrected chi connectivity index (χ0v) is 13.7. The van der Waals surface area contributed by atoms with E-state index >= 15 is 0 Å². The van der Waals surface area contributed by atoms with Crippen molar-refractivity contribution in [3.05, 3.63) is 41.0 Å². The standard InChI is InChI=1S/C18H24N2S/c1-13-8-10-15(11-9-13)18-20-16(12-19-2)17(21-18)14-6-4-3-5-7-14/h3-7,13,15,19H,8-12H2,1-2H3. The van der Waals surface area contributed by atoms with E-state index in [0.29, 0.717) is 5.92 Å². The van der Waals surface area contributed by atoms with Crippen molar-refractivity contribution in [3.8, 4) is 10.4 Å². The molecule has 0 unspecified atom stereocenters. The van der Waals surface area contributed by atoms with Gasteiger partial charge in [0.25, 0.3) is 0 Å². The Morgan fingerprint density at radius 1 is 1.14 bits per heavy atom. The molecule has 1 fully saturated rings. The molecular formula is C18H24N2S. The second kappa shape index (κ2) is 6.71. The van der Waals surface area contributed by atoms with Gasteiger partial charge < -0.3 is 5.32 Å². The molecular weight excluding hydrogens is 276 g/mol. The highest BCUT2D eigenvalue weighted by Crippen LogP contribution is 2.40. The van der Waals surface area contributed by atoms with Gasteiger partial charge in [0.15, 0.2) is 0 Å². The van der Waals surface area contributed by atoms with Crippen LogP contribution in [-0.2, 0) is 6.54 Å². The normalized spacial score (nSPS) is 22.4. The topological polar surface area (TPSA) is 24.9 Å². The fraction of sp³-hybridized carbons (Fsp3) is 0.500. The van der Waals surface area contributed by atoms with Crippen molar-refractivity contribution in [3.63, 3.8) is 0 Å². The maximum Gasteiger partial charge on any atom is 0.0966 e. The Morgan fingerprint density at radius 3 is 2.52 bits per heavy atom. The Balaban J connectivity index is 1.89. The first kappa shape index (κ1) is 14.7. The highest BCUT2D eigenvalue weighted by molar-refractivity contribution is 7.15. The minimum absolute atomic E-state index is 0.680. The van der Waals surface area contributed by atoms with Gasteiger partial charge in [0.2, 0.25) is 0 Å². The summed E-state index contributed by atoms with van der Waals surface area (Å²) in [5, 5.41) is 4.61. The molecule has 0 aliphatic heterocycles. The molecule has 3 rings (SSSR count). The molecule has 1 saturated carbocycles. The predicted molar refractivity (Wildman–Crippen MR) is 90.7 cm³/mol. The van der Waals surface area contributed by atoms with Crippen molar-refractivity contribution in [2.45, 2.75) is 45.1 Å². The lowest BCUT2D eigenvalue weighted by atomic mass is 9.83. The molecule has 2 aromatic rings. The van der Waals surface area contributed by atoms with E-state index < -0.39 is 0 Å². The molecule has 112 valence electrons. The molecule has 1 heterocycles. The average Bonchev–Trinajstić information content (AvgIpc) is 2.93. The number of aromatic nitrogens is 1. The lowest BCUT2D eigenvalue weighted by Crippen LogP contribution is -2.11. The summed E-state index contributed by atoms with van der Waals surface area (Å²) >= 11 is 1.91. The number of nitrogens with zero attached hydrogens (tertiary/aromatic N) is 1. The van der Waals surface area contributed by atoms with Gasteiger partial charge in [-0.1, -0.05) is 50.1 Å². The zero-order chi connectivity index (χ0) is 14.7. The van der Waals surface area contributed by atoms with E-state index in [9.17, 15) is 0 Å². The Bertz CT molecular complexity index is 568. The fourth-order valence-corrected chi connectivity index (χ4v) is 4.41. The monoisotopic (exact) mass is 300 g/mol. The maximum atomic E-state index is 4.98. The summed E-state index contributed by atoms with van der Waals surface area (Å²) in [6.45, 7) is 3.23. The fourth-order valence-electron chi connectivity index (χ4n) is 3.15. The van der Waals surface area contributed by atoms with E-state index in [1.165, 1.54) is 46.8 Å². The smallest absolute Gasteiger partial charge is 0.0966 e. The number of benzene rings is 1. The number of nitrogens with one attached hydrogen (secondary N) is 1.